The molecule has 1 amide bonds. The third-order valence-corrected chi connectivity index (χ3v) is 5.75. The Balaban J connectivity index is 1.68. The van der Waals surface area contributed by atoms with Gasteiger partial charge in [0, 0.05) is 23.7 Å². The average Bonchev–Trinajstić information content (AvgIpc) is 2.78. The molecule has 1 aliphatic rings. The number of ether oxygens (including phenoxy) is 1. The van der Waals surface area contributed by atoms with Crippen LogP contribution in [-0.4, -0.2) is 22.6 Å². The maximum atomic E-state index is 13.6. The summed E-state index contributed by atoms with van der Waals surface area (Å²) in [5, 5.41) is 10.2. The second-order valence-corrected chi connectivity index (χ2v) is 7.90. The summed E-state index contributed by atoms with van der Waals surface area (Å²) in [5.74, 6) is -0.0621. The third kappa shape index (κ3) is 4.53. The highest BCUT2D eigenvalue weighted by molar-refractivity contribution is 6.33. The van der Waals surface area contributed by atoms with Gasteiger partial charge in [0.1, 0.15) is 12.4 Å². The number of hydrogen-bond acceptors (Lipinski definition) is 3. The molecule has 3 aromatic rings. The van der Waals surface area contributed by atoms with Crippen LogP contribution in [0.2, 0.25) is 5.02 Å². The second kappa shape index (κ2) is 8.74. The Labute approximate surface area is 187 Å². The molecule has 0 unspecified atom stereocenters. The lowest BCUT2D eigenvalue weighted by atomic mass is 9.87. The number of rotatable bonds is 3. The largest absolute Gasteiger partial charge is 0.508 e. The quantitative estimate of drug-likeness (QED) is 0.489. The van der Waals surface area contributed by atoms with E-state index in [1.54, 1.807) is 0 Å². The zero-order valence-corrected chi connectivity index (χ0v) is 17.6. The van der Waals surface area contributed by atoms with Crippen LogP contribution in [0.1, 0.15) is 22.3 Å². The van der Waals surface area contributed by atoms with Gasteiger partial charge in [0.2, 0.25) is 0 Å². The summed E-state index contributed by atoms with van der Waals surface area (Å²) in [4.78, 5) is 14.0. The van der Waals surface area contributed by atoms with Gasteiger partial charge in [-0.2, -0.15) is 13.2 Å². The highest BCUT2D eigenvalue weighted by atomic mass is 35.5. The van der Waals surface area contributed by atoms with E-state index in [1.807, 2.05) is 30.3 Å². The van der Waals surface area contributed by atoms with Crippen LogP contribution < -0.4 is 0 Å². The Morgan fingerprint density at radius 3 is 2.50 bits per heavy atom. The molecule has 1 aliphatic heterocycles. The molecule has 0 saturated carbocycles. The van der Waals surface area contributed by atoms with Gasteiger partial charge in [0.25, 0.3) is 0 Å². The van der Waals surface area contributed by atoms with Crippen molar-refractivity contribution >= 4 is 17.7 Å². The van der Waals surface area contributed by atoms with E-state index in [2.05, 4.69) is 0 Å². The molecular weight excluding hydrogens is 443 g/mol. The van der Waals surface area contributed by atoms with Gasteiger partial charge < -0.3 is 14.7 Å². The Bertz CT molecular complexity index is 1150. The molecule has 1 N–H and O–H groups in total. The van der Waals surface area contributed by atoms with Gasteiger partial charge >= 0.3 is 12.3 Å². The van der Waals surface area contributed by atoms with Gasteiger partial charge in [0.05, 0.1) is 5.56 Å². The molecule has 8 heteroatoms. The van der Waals surface area contributed by atoms with E-state index in [0.29, 0.717) is 16.7 Å². The molecule has 3 aromatic carbocycles. The summed E-state index contributed by atoms with van der Waals surface area (Å²) >= 11 is 6.28. The SMILES string of the molecule is O=C(OCc1ccccc1)N1CCc2c(C(F)(F)F)ccc(-c3cc(O)ccc3Cl)c2C1. The average molecular weight is 462 g/mol. The molecular formula is C24H19ClF3NO3. The van der Waals surface area contributed by atoms with E-state index < -0.39 is 17.8 Å². The fourth-order valence-corrected chi connectivity index (χ4v) is 4.10. The van der Waals surface area contributed by atoms with Gasteiger partial charge in [-0.15, -0.1) is 0 Å². The highest BCUT2D eigenvalue weighted by Crippen LogP contribution is 2.42. The van der Waals surface area contributed by atoms with Crippen LogP contribution in [-0.2, 0) is 30.5 Å². The van der Waals surface area contributed by atoms with Crippen LogP contribution >= 0.6 is 11.6 Å². The molecule has 32 heavy (non-hydrogen) atoms. The first-order valence-corrected chi connectivity index (χ1v) is 10.3. The van der Waals surface area contributed by atoms with Gasteiger partial charge in [0.15, 0.2) is 0 Å². The second-order valence-electron chi connectivity index (χ2n) is 7.49. The summed E-state index contributed by atoms with van der Waals surface area (Å²) in [6, 6.07) is 15.8. The maximum absolute atomic E-state index is 13.6. The van der Waals surface area contributed by atoms with Crippen LogP contribution in [0, 0.1) is 0 Å². The fourth-order valence-electron chi connectivity index (χ4n) is 3.88. The van der Waals surface area contributed by atoms with Crippen LogP contribution in [0.5, 0.6) is 5.75 Å². The number of carbonyl (C=O) groups is 1. The zero-order chi connectivity index (χ0) is 22.9. The van der Waals surface area contributed by atoms with Crippen molar-refractivity contribution in [2.24, 2.45) is 0 Å². The predicted molar refractivity (Wildman–Crippen MR) is 114 cm³/mol. The molecule has 0 spiro atoms. The van der Waals surface area contributed by atoms with Crippen molar-refractivity contribution in [3.05, 3.63) is 87.9 Å². The number of aromatic hydroxyl groups is 1. The number of alkyl halides is 3. The molecule has 0 saturated heterocycles. The molecule has 0 radical (unpaired) electrons. The van der Waals surface area contributed by atoms with Crippen LogP contribution in [0.3, 0.4) is 0 Å². The summed E-state index contributed by atoms with van der Waals surface area (Å²) < 4.78 is 46.3. The van der Waals surface area contributed by atoms with E-state index in [-0.39, 0.29) is 42.5 Å². The normalized spacial score (nSPS) is 13.6. The van der Waals surface area contributed by atoms with Gasteiger partial charge in [-0.05, 0) is 52.9 Å². The molecule has 1 heterocycles. The molecule has 4 nitrogen and oxygen atoms in total. The highest BCUT2D eigenvalue weighted by Gasteiger charge is 2.37. The predicted octanol–water partition coefficient (Wildman–Crippen LogP) is 6.43. The van der Waals surface area contributed by atoms with E-state index in [9.17, 15) is 23.1 Å². The minimum atomic E-state index is -4.53. The topological polar surface area (TPSA) is 49.8 Å². The van der Waals surface area contributed by atoms with Crippen molar-refractivity contribution in [1.29, 1.82) is 0 Å². The first-order chi connectivity index (χ1) is 15.2. The molecule has 0 aliphatic carbocycles. The monoisotopic (exact) mass is 461 g/mol. The first-order valence-electron chi connectivity index (χ1n) is 9.90. The number of benzene rings is 3. The standard InChI is InChI=1S/C24H19ClF3NO3/c25-22-9-6-16(30)12-19(22)17-7-8-21(24(26,27)28)18-10-11-29(13-20(17)18)23(31)32-14-15-4-2-1-3-5-15/h1-9,12,30H,10-11,13-14H2. The van der Waals surface area contributed by atoms with Gasteiger partial charge in [-0.1, -0.05) is 48.0 Å². The van der Waals surface area contributed by atoms with Crippen LogP contribution in [0.15, 0.2) is 60.7 Å². The Kier molecular flexibility index (Phi) is 6.02. The minimum absolute atomic E-state index is 0.0227. The number of amides is 1. The summed E-state index contributed by atoms with van der Waals surface area (Å²) in [7, 11) is 0. The molecule has 166 valence electrons. The number of phenols is 1. The molecule has 4 rings (SSSR count). The van der Waals surface area contributed by atoms with Crippen molar-refractivity contribution in [2.75, 3.05) is 6.54 Å². The van der Waals surface area contributed by atoms with E-state index in [1.165, 1.54) is 29.2 Å². The molecule has 0 bridgehead atoms. The first kappa shape index (κ1) is 22.0. The van der Waals surface area contributed by atoms with Crippen molar-refractivity contribution in [3.8, 4) is 16.9 Å². The molecule has 0 fully saturated rings. The summed E-state index contributed by atoms with van der Waals surface area (Å²) in [6.07, 6.45) is -5.11. The number of fused-ring (bicyclic) bond motifs is 1. The van der Waals surface area contributed by atoms with Crippen molar-refractivity contribution in [3.63, 3.8) is 0 Å². The fraction of sp³-hybridized carbons (Fsp3) is 0.208. The Morgan fingerprint density at radius 1 is 1.03 bits per heavy atom. The van der Waals surface area contributed by atoms with Crippen LogP contribution in [0.25, 0.3) is 11.1 Å². The Hall–Kier alpha value is -3.19. The van der Waals surface area contributed by atoms with Gasteiger partial charge in [-0.25, -0.2) is 4.79 Å². The maximum Gasteiger partial charge on any atom is 0.416 e. The van der Waals surface area contributed by atoms with Gasteiger partial charge in [-0.3, -0.25) is 0 Å². The number of carbonyl (C=O) groups excluding carboxylic acids is 1. The van der Waals surface area contributed by atoms with Crippen molar-refractivity contribution in [2.45, 2.75) is 25.7 Å². The number of halogens is 4. The minimum Gasteiger partial charge on any atom is -0.508 e. The van der Waals surface area contributed by atoms with Crippen LogP contribution in [0.4, 0.5) is 18.0 Å². The number of hydrogen-bond donors (Lipinski definition) is 1. The Morgan fingerprint density at radius 2 is 1.78 bits per heavy atom. The third-order valence-electron chi connectivity index (χ3n) is 5.42. The van der Waals surface area contributed by atoms with Crippen molar-refractivity contribution in [1.82, 2.24) is 4.90 Å². The van der Waals surface area contributed by atoms with E-state index in [4.69, 9.17) is 16.3 Å². The lowest BCUT2D eigenvalue weighted by Crippen LogP contribution is -2.37. The zero-order valence-electron chi connectivity index (χ0n) is 16.8. The summed E-state index contributed by atoms with van der Waals surface area (Å²) in [6.45, 7) is 0.103. The molecule has 0 aromatic heterocycles. The van der Waals surface area contributed by atoms with E-state index in [0.717, 1.165) is 11.6 Å². The lowest BCUT2D eigenvalue weighted by Gasteiger charge is -2.32. The summed E-state index contributed by atoms with van der Waals surface area (Å²) in [5.41, 5.74) is 1.39. The smallest absolute Gasteiger partial charge is 0.416 e. The molecule has 0 atom stereocenters. The number of phenolic OH excluding ortho intramolecular Hbond substituents is 1. The van der Waals surface area contributed by atoms with E-state index >= 15 is 0 Å². The lowest BCUT2D eigenvalue weighted by molar-refractivity contribution is -0.138. The number of nitrogens with zero attached hydrogens (tertiary/aromatic N) is 1. The van der Waals surface area contributed by atoms with Crippen molar-refractivity contribution < 1.29 is 27.8 Å².